The summed E-state index contributed by atoms with van der Waals surface area (Å²) in [6.07, 6.45) is 0.980. The Kier molecular flexibility index (Phi) is 6.64. The molecule has 126 valence electrons. The van der Waals surface area contributed by atoms with Crippen molar-refractivity contribution in [2.75, 3.05) is 14.2 Å². The number of hydrogen-bond acceptors (Lipinski definition) is 4. The lowest BCUT2D eigenvalue weighted by molar-refractivity contribution is -0.176. The number of ether oxygens (including phenoxy) is 1. The van der Waals surface area contributed by atoms with Crippen molar-refractivity contribution < 1.29 is 4.74 Å². The number of aromatic nitrogens is 1. The normalized spacial score (nSPS) is 26.8. The quantitative estimate of drug-likeness (QED) is 0.431. The Bertz CT molecular complexity index is 531. The molecule has 1 aromatic heterocycles. The summed E-state index contributed by atoms with van der Waals surface area (Å²) in [5.74, 6) is 0.819. The molecule has 1 aliphatic rings. The van der Waals surface area contributed by atoms with Crippen LogP contribution in [0, 0.1) is 12.3 Å². The van der Waals surface area contributed by atoms with Crippen LogP contribution in [0.1, 0.15) is 37.9 Å². The zero-order chi connectivity index (χ0) is 15.7. The molecule has 1 fully saturated rings. The number of nitrogens with zero attached hydrogens (tertiary/aromatic N) is 2. The van der Waals surface area contributed by atoms with Crippen molar-refractivity contribution in [3.05, 3.63) is 16.1 Å². The molecule has 5 nitrogen and oxygen atoms in total. The lowest BCUT2D eigenvalue weighted by Gasteiger charge is -2.59. The van der Waals surface area contributed by atoms with Crippen LogP contribution >= 0.6 is 35.3 Å². The zero-order valence-electron chi connectivity index (χ0n) is 14.2. The number of methoxy groups -OCH3 is 1. The van der Waals surface area contributed by atoms with E-state index in [4.69, 9.17) is 4.74 Å². The van der Waals surface area contributed by atoms with Crippen LogP contribution in [0.25, 0.3) is 0 Å². The molecular weight excluding hydrogens is 411 g/mol. The van der Waals surface area contributed by atoms with E-state index in [9.17, 15) is 0 Å². The topological polar surface area (TPSA) is 58.5 Å². The molecule has 0 spiro atoms. The highest BCUT2D eigenvalue weighted by molar-refractivity contribution is 14.0. The van der Waals surface area contributed by atoms with Gasteiger partial charge in [0.05, 0.1) is 12.1 Å². The third kappa shape index (κ3) is 3.73. The maximum atomic E-state index is 5.66. The van der Waals surface area contributed by atoms with Gasteiger partial charge in [0.2, 0.25) is 0 Å². The Morgan fingerprint density at radius 1 is 1.50 bits per heavy atom. The van der Waals surface area contributed by atoms with E-state index in [1.54, 1.807) is 25.5 Å². The summed E-state index contributed by atoms with van der Waals surface area (Å²) in [7, 11) is 3.58. The average Bonchev–Trinajstić information content (AvgIpc) is 2.87. The molecule has 1 saturated carbocycles. The molecule has 1 aromatic rings. The summed E-state index contributed by atoms with van der Waals surface area (Å²) in [5.41, 5.74) is 1.06. The molecule has 7 heteroatoms. The number of guanidine groups is 1. The minimum absolute atomic E-state index is 0. The van der Waals surface area contributed by atoms with Gasteiger partial charge in [-0.25, -0.2) is 4.98 Å². The van der Waals surface area contributed by atoms with Crippen molar-refractivity contribution in [3.63, 3.8) is 0 Å². The molecule has 0 amide bonds. The first-order chi connectivity index (χ1) is 9.82. The van der Waals surface area contributed by atoms with E-state index in [1.807, 2.05) is 6.92 Å². The van der Waals surface area contributed by atoms with Gasteiger partial charge in [-0.05, 0) is 20.3 Å². The highest BCUT2D eigenvalue weighted by Gasteiger charge is 2.58. The molecule has 0 aromatic carbocycles. The minimum Gasteiger partial charge on any atom is -0.378 e. The maximum Gasteiger partial charge on any atom is 0.191 e. The number of rotatable bonds is 4. The second-order valence-electron chi connectivity index (χ2n) is 6.37. The SMILES string of the molecule is CN=C(NCc1nc(C)cs1)NC1CC(C)(OC)C1(C)C.I. The van der Waals surface area contributed by atoms with E-state index >= 15 is 0 Å². The Labute approximate surface area is 154 Å². The van der Waals surface area contributed by atoms with Crippen LogP contribution in [-0.2, 0) is 11.3 Å². The van der Waals surface area contributed by atoms with Crippen LogP contribution < -0.4 is 10.6 Å². The van der Waals surface area contributed by atoms with Crippen LogP contribution in [-0.4, -0.2) is 36.7 Å². The van der Waals surface area contributed by atoms with Crippen LogP contribution in [0.4, 0.5) is 0 Å². The van der Waals surface area contributed by atoms with Crippen molar-refractivity contribution in [1.82, 2.24) is 15.6 Å². The standard InChI is InChI=1S/C15H26N4OS.HI/c1-10-9-21-12(18-10)8-17-13(16-5)19-11-7-15(4,20-6)14(11,2)3;/h9,11H,7-8H2,1-6H3,(H2,16,17,19);1H. The van der Waals surface area contributed by atoms with Gasteiger partial charge in [0.15, 0.2) is 5.96 Å². The smallest absolute Gasteiger partial charge is 0.191 e. The third-order valence-electron chi connectivity index (χ3n) is 4.89. The molecular formula is C15H27IN4OS. The summed E-state index contributed by atoms with van der Waals surface area (Å²) in [4.78, 5) is 8.75. The minimum atomic E-state index is -0.0735. The van der Waals surface area contributed by atoms with Crippen LogP contribution in [0.5, 0.6) is 0 Å². The van der Waals surface area contributed by atoms with Crippen molar-refractivity contribution >= 4 is 41.3 Å². The summed E-state index contributed by atoms with van der Waals surface area (Å²) in [5, 5.41) is 9.96. The summed E-state index contributed by atoms with van der Waals surface area (Å²) in [6.45, 7) is 9.34. The van der Waals surface area contributed by atoms with Crippen LogP contribution in [0.15, 0.2) is 10.4 Å². The van der Waals surface area contributed by atoms with Crippen molar-refractivity contribution in [3.8, 4) is 0 Å². The maximum absolute atomic E-state index is 5.66. The van der Waals surface area contributed by atoms with Gasteiger partial charge in [0.25, 0.3) is 0 Å². The molecule has 22 heavy (non-hydrogen) atoms. The lowest BCUT2D eigenvalue weighted by atomic mass is 9.56. The lowest BCUT2D eigenvalue weighted by Crippen LogP contribution is -2.69. The first-order valence-electron chi connectivity index (χ1n) is 7.26. The highest BCUT2D eigenvalue weighted by atomic mass is 127. The van der Waals surface area contributed by atoms with Crippen molar-refractivity contribution in [1.29, 1.82) is 0 Å². The Morgan fingerprint density at radius 2 is 2.18 bits per heavy atom. The van der Waals surface area contributed by atoms with E-state index in [2.05, 4.69) is 46.8 Å². The number of aliphatic imine (C=N–C) groups is 1. The largest absolute Gasteiger partial charge is 0.378 e. The molecule has 2 N–H and O–H groups in total. The molecule has 0 radical (unpaired) electrons. The second kappa shape index (κ2) is 7.44. The van der Waals surface area contributed by atoms with Gasteiger partial charge < -0.3 is 15.4 Å². The van der Waals surface area contributed by atoms with E-state index in [-0.39, 0.29) is 35.0 Å². The predicted octanol–water partition coefficient (Wildman–Crippen LogP) is 2.94. The summed E-state index contributed by atoms with van der Waals surface area (Å²) in [6, 6.07) is 0.353. The molecule has 2 unspecified atom stereocenters. The molecule has 0 saturated heterocycles. The number of hydrogen-bond donors (Lipinski definition) is 2. The van der Waals surface area contributed by atoms with Crippen molar-refractivity contribution in [2.24, 2.45) is 10.4 Å². The Hall–Kier alpha value is -0.410. The Morgan fingerprint density at radius 3 is 2.64 bits per heavy atom. The number of nitrogens with one attached hydrogen (secondary N) is 2. The fourth-order valence-electron chi connectivity index (χ4n) is 2.73. The first-order valence-corrected chi connectivity index (χ1v) is 8.13. The molecule has 0 bridgehead atoms. The number of aryl methyl sites for hydroxylation is 1. The van der Waals surface area contributed by atoms with E-state index in [0.717, 1.165) is 23.1 Å². The third-order valence-corrected chi connectivity index (χ3v) is 5.85. The van der Waals surface area contributed by atoms with Gasteiger partial charge in [-0.15, -0.1) is 35.3 Å². The van der Waals surface area contributed by atoms with Gasteiger partial charge in [-0.1, -0.05) is 13.8 Å². The fraction of sp³-hybridized carbons (Fsp3) is 0.733. The Balaban J connectivity index is 0.00000242. The molecule has 2 rings (SSSR count). The van der Waals surface area contributed by atoms with Gasteiger partial charge >= 0.3 is 0 Å². The monoisotopic (exact) mass is 438 g/mol. The number of halogens is 1. The van der Waals surface area contributed by atoms with E-state index in [0.29, 0.717) is 12.6 Å². The van der Waals surface area contributed by atoms with Gasteiger partial charge in [-0.3, -0.25) is 4.99 Å². The molecule has 1 aliphatic carbocycles. The molecule has 1 heterocycles. The van der Waals surface area contributed by atoms with Gasteiger partial charge in [-0.2, -0.15) is 0 Å². The van der Waals surface area contributed by atoms with Gasteiger partial charge in [0.1, 0.15) is 5.01 Å². The molecule has 2 atom stereocenters. The van der Waals surface area contributed by atoms with Gasteiger partial charge in [0, 0.05) is 36.7 Å². The first kappa shape index (κ1) is 19.6. The zero-order valence-corrected chi connectivity index (χ0v) is 17.3. The van der Waals surface area contributed by atoms with Crippen LogP contribution in [0.2, 0.25) is 0 Å². The van der Waals surface area contributed by atoms with E-state index < -0.39 is 0 Å². The average molecular weight is 438 g/mol. The van der Waals surface area contributed by atoms with Crippen molar-refractivity contribution in [2.45, 2.75) is 52.3 Å². The fourth-order valence-corrected chi connectivity index (χ4v) is 3.44. The van der Waals surface area contributed by atoms with E-state index in [1.165, 1.54) is 0 Å². The predicted molar refractivity (Wildman–Crippen MR) is 103 cm³/mol. The highest BCUT2D eigenvalue weighted by Crippen LogP contribution is 2.51. The summed E-state index contributed by atoms with van der Waals surface area (Å²) >= 11 is 1.67. The molecule has 0 aliphatic heterocycles. The summed E-state index contributed by atoms with van der Waals surface area (Å²) < 4.78 is 5.66. The van der Waals surface area contributed by atoms with Crippen LogP contribution in [0.3, 0.4) is 0 Å². The number of thiazole rings is 1. The second-order valence-corrected chi connectivity index (χ2v) is 7.31.